The van der Waals surface area contributed by atoms with E-state index in [1.165, 1.54) is 10.9 Å². The van der Waals surface area contributed by atoms with Gasteiger partial charge in [0.05, 0.1) is 6.54 Å². The van der Waals surface area contributed by atoms with E-state index in [9.17, 15) is 9.59 Å². The highest BCUT2D eigenvalue weighted by Crippen LogP contribution is 2.20. The van der Waals surface area contributed by atoms with Crippen LogP contribution in [0, 0.1) is 5.92 Å². The van der Waals surface area contributed by atoms with E-state index in [2.05, 4.69) is 60.1 Å². The second-order valence-corrected chi connectivity index (χ2v) is 11.1. The maximum Gasteiger partial charge on any atom is 0.242 e. The van der Waals surface area contributed by atoms with Crippen molar-refractivity contribution in [2.24, 2.45) is 5.92 Å². The number of aromatic nitrogens is 1. The summed E-state index contributed by atoms with van der Waals surface area (Å²) in [5.41, 5.74) is 5.61. The Bertz CT molecular complexity index is 1380. The van der Waals surface area contributed by atoms with Crippen LogP contribution in [-0.2, 0) is 29.0 Å². The highest BCUT2D eigenvalue weighted by Gasteiger charge is 2.23. The summed E-state index contributed by atoms with van der Waals surface area (Å²) >= 11 is 0. The molecule has 0 aliphatic carbocycles. The minimum atomic E-state index is -0.0229. The molecular weight excluding hydrogens is 496 g/mol. The Morgan fingerprint density at radius 2 is 1.48 bits per heavy atom. The summed E-state index contributed by atoms with van der Waals surface area (Å²) in [6.45, 7) is 5.90. The van der Waals surface area contributed by atoms with Crippen LogP contribution >= 0.6 is 0 Å². The van der Waals surface area contributed by atoms with Crippen molar-refractivity contribution in [1.29, 1.82) is 0 Å². The molecule has 40 heavy (non-hydrogen) atoms. The summed E-state index contributed by atoms with van der Waals surface area (Å²) in [5.74, 6) is 0.273. The number of aromatic amines is 1. The Labute approximate surface area is 238 Å². The van der Waals surface area contributed by atoms with Gasteiger partial charge in [-0.2, -0.15) is 0 Å². The van der Waals surface area contributed by atoms with E-state index in [1.807, 2.05) is 67.7 Å². The van der Waals surface area contributed by atoms with E-state index in [4.69, 9.17) is 0 Å². The number of para-hydroxylation sites is 1. The maximum absolute atomic E-state index is 13.8. The maximum atomic E-state index is 13.8. The molecule has 6 nitrogen and oxygen atoms in total. The molecule has 1 heterocycles. The van der Waals surface area contributed by atoms with Crippen LogP contribution in [0.1, 0.15) is 37.0 Å². The molecule has 0 aliphatic rings. The number of aryl methyl sites for hydroxylation is 1. The number of H-pyrrole nitrogens is 1. The highest BCUT2D eigenvalue weighted by molar-refractivity contribution is 5.85. The molecule has 0 spiro atoms. The summed E-state index contributed by atoms with van der Waals surface area (Å²) in [6.07, 6.45) is 3.84. The van der Waals surface area contributed by atoms with Crippen molar-refractivity contribution in [1.82, 2.24) is 14.8 Å². The van der Waals surface area contributed by atoms with Crippen LogP contribution in [-0.4, -0.2) is 60.3 Å². The fraction of sp³-hybridized carbons (Fsp3) is 0.353. The van der Waals surface area contributed by atoms with Crippen molar-refractivity contribution in [3.8, 4) is 0 Å². The van der Waals surface area contributed by atoms with Gasteiger partial charge in [-0.1, -0.05) is 74.5 Å². The predicted octanol–water partition coefficient (Wildman–Crippen LogP) is 5.92. The van der Waals surface area contributed by atoms with Crippen molar-refractivity contribution in [2.45, 2.75) is 39.7 Å². The molecule has 1 aromatic heterocycles. The molecule has 0 atom stereocenters. The molecule has 1 N–H and O–H groups in total. The predicted molar refractivity (Wildman–Crippen MR) is 164 cm³/mol. The number of carbonyl (C=O) groups is 2. The molecule has 0 saturated heterocycles. The number of amides is 2. The molecule has 210 valence electrons. The lowest BCUT2D eigenvalue weighted by Gasteiger charge is -2.29. The fourth-order valence-corrected chi connectivity index (χ4v) is 5.02. The van der Waals surface area contributed by atoms with Crippen molar-refractivity contribution in [2.75, 3.05) is 38.6 Å². The van der Waals surface area contributed by atoms with Crippen LogP contribution in [0.3, 0.4) is 0 Å². The molecule has 0 aliphatic heterocycles. The molecule has 0 saturated carbocycles. The summed E-state index contributed by atoms with van der Waals surface area (Å²) in [4.78, 5) is 36.2. The first-order valence-corrected chi connectivity index (χ1v) is 14.2. The zero-order valence-corrected chi connectivity index (χ0v) is 24.3. The number of anilines is 1. The average Bonchev–Trinajstić information content (AvgIpc) is 3.37. The van der Waals surface area contributed by atoms with Crippen LogP contribution in [0.5, 0.6) is 0 Å². The first kappa shape index (κ1) is 28.9. The molecule has 2 amide bonds. The van der Waals surface area contributed by atoms with Crippen LogP contribution in [0.25, 0.3) is 10.9 Å². The molecule has 3 aromatic carbocycles. The van der Waals surface area contributed by atoms with Gasteiger partial charge in [-0.05, 0) is 53.6 Å². The third kappa shape index (κ3) is 7.98. The smallest absolute Gasteiger partial charge is 0.242 e. The number of benzene rings is 3. The molecule has 0 bridgehead atoms. The van der Waals surface area contributed by atoms with Gasteiger partial charge < -0.3 is 19.7 Å². The number of nitrogens with zero attached hydrogens (tertiary/aromatic N) is 3. The first-order chi connectivity index (χ1) is 19.3. The van der Waals surface area contributed by atoms with Gasteiger partial charge in [0, 0.05) is 62.9 Å². The minimum absolute atomic E-state index is 0.0229. The van der Waals surface area contributed by atoms with Gasteiger partial charge in [0.2, 0.25) is 11.8 Å². The van der Waals surface area contributed by atoms with Gasteiger partial charge in [0.1, 0.15) is 0 Å². The molecule has 0 radical (unpaired) electrons. The zero-order valence-electron chi connectivity index (χ0n) is 24.3. The number of hydrogen-bond donors (Lipinski definition) is 1. The third-order valence-electron chi connectivity index (χ3n) is 7.24. The molecule has 0 unspecified atom stereocenters. The minimum Gasteiger partial charge on any atom is -0.378 e. The number of hydrogen-bond acceptors (Lipinski definition) is 3. The molecule has 0 fully saturated rings. The van der Waals surface area contributed by atoms with Gasteiger partial charge in [0.25, 0.3) is 0 Å². The van der Waals surface area contributed by atoms with E-state index in [0.717, 1.165) is 28.8 Å². The summed E-state index contributed by atoms with van der Waals surface area (Å²) in [5, 5.41) is 1.18. The summed E-state index contributed by atoms with van der Waals surface area (Å²) in [7, 11) is 4.04. The lowest BCUT2D eigenvalue weighted by molar-refractivity contribution is -0.141. The topological polar surface area (TPSA) is 59.7 Å². The van der Waals surface area contributed by atoms with Crippen molar-refractivity contribution < 1.29 is 9.59 Å². The molecule has 6 heteroatoms. The Balaban J connectivity index is 1.49. The fourth-order valence-electron chi connectivity index (χ4n) is 5.02. The molecular formula is C34H42N4O2. The first-order valence-electron chi connectivity index (χ1n) is 14.2. The lowest BCUT2D eigenvalue weighted by atomic mass is 10.1. The van der Waals surface area contributed by atoms with Crippen molar-refractivity contribution >= 4 is 28.4 Å². The van der Waals surface area contributed by atoms with Gasteiger partial charge >= 0.3 is 0 Å². The Kier molecular flexibility index (Phi) is 10.0. The van der Waals surface area contributed by atoms with E-state index >= 15 is 0 Å². The number of rotatable bonds is 13. The van der Waals surface area contributed by atoms with Crippen molar-refractivity contribution in [3.63, 3.8) is 0 Å². The Hall–Kier alpha value is -4.06. The van der Waals surface area contributed by atoms with Crippen LogP contribution in [0.4, 0.5) is 5.69 Å². The molecule has 4 aromatic rings. The zero-order chi connectivity index (χ0) is 28.5. The highest BCUT2D eigenvalue weighted by atomic mass is 16.2. The SMILES string of the molecule is CC(C)CN(CC(=O)N(CCc1c[nH]c2ccccc12)Cc1ccc(N(C)C)cc1)C(=O)CCc1ccccc1. The number of carbonyl (C=O) groups excluding carboxylic acids is 2. The standard InChI is InChI=1S/C34H42N4O2/c1-26(2)23-38(33(39)19-16-27-10-6-5-7-11-27)25-34(40)37(24-28-14-17-30(18-15-28)36(3)4)21-20-29-22-35-32-13-9-8-12-31(29)32/h5-15,17-18,22,26,35H,16,19-21,23-25H2,1-4H3. The summed E-state index contributed by atoms with van der Waals surface area (Å²) in [6, 6.07) is 26.6. The lowest BCUT2D eigenvalue weighted by Crippen LogP contribution is -2.44. The van der Waals surface area contributed by atoms with Crippen LogP contribution in [0.15, 0.2) is 85.1 Å². The number of fused-ring (bicyclic) bond motifs is 1. The third-order valence-corrected chi connectivity index (χ3v) is 7.24. The van der Waals surface area contributed by atoms with E-state index in [0.29, 0.717) is 32.5 Å². The second-order valence-electron chi connectivity index (χ2n) is 11.1. The van der Waals surface area contributed by atoms with Gasteiger partial charge in [0.15, 0.2) is 0 Å². The average molecular weight is 539 g/mol. The normalized spacial score (nSPS) is 11.1. The second kappa shape index (κ2) is 13.8. The van der Waals surface area contributed by atoms with Crippen LogP contribution < -0.4 is 4.90 Å². The monoisotopic (exact) mass is 538 g/mol. The summed E-state index contributed by atoms with van der Waals surface area (Å²) < 4.78 is 0. The van der Waals surface area contributed by atoms with Gasteiger partial charge in [-0.3, -0.25) is 9.59 Å². The van der Waals surface area contributed by atoms with E-state index < -0.39 is 0 Å². The van der Waals surface area contributed by atoms with E-state index in [1.54, 1.807) is 4.90 Å². The molecule has 4 rings (SSSR count). The largest absolute Gasteiger partial charge is 0.378 e. The Morgan fingerprint density at radius 3 is 2.17 bits per heavy atom. The Morgan fingerprint density at radius 1 is 0.775 bits per heavy atom. The van der Waals surface area contributed by atoms with Gasteiger partial charge in [-0.15, -0.1) is 0 Å². The quantitative estimate of drug-likeness (QED) is 0.230. The van der Waals surface area contributed by atoms with Crippen LogP contribution in [0.2, 0.25) is 0 Å². The van der Waals surface area contributed by atoms with E-state index in [-0.39, 0.29) is 24.3 Å². The van der Waals surface area contributed by atoms with Crippen molar-refractivity contribution in [3.05, 3.63) is 102 Å². The number of nitrogens with one attached hydrogen (secondary N) is 1. The van der Waals surface area contributed by atoms with Gasteiger partial charge in [-0.25, -0.2) is 0 Å².